The van der Waals surface area contributed by atoms with Gasteiger partial charge in [-0.3, -0.25) is 0 Å². The maximum absolute atomic E-state index is 11.8. The summed E-state index contributed by atoms with van der Waals surface area (Å²) in [5.74, 6) is -0.0969. The van der Waals surface area contributed by atoms with Gasteiger partial charge in [-0.1, -0.05) is 12.5 Å². The first-order valence-electron chi connectivity index (χ1n) is 11.2. The van der Waals surface area contributed by atoms with Crippen LogP contribution < -0.4 is 9.64 Å². The van der Waals surface area contributed by atoms with Gasteiger partial charge in [0.05, 0.1) is 24.0 Å². The molecule has 0 aliphatic carbocycles. The number of nitrogens with zero attached hydrogens (tertiary/aromatic N) is 2. The fourth-order valence-electron chi connectivity index (χ4n) is 4.65. The summed E-state index contributed by atoms with van der Waals surface area (Å²) in [5, 5.41) is 21.4. The highest BCUT2D eigenvalue weighted by Gasteiger charge is 2.23. The Hall–Kier alpha value is -2.31. The van der Waals surface area contributed by atoms with Crippen LogP contribution in [0.2, 0.25) is 0 Å². The predicted molar refractivity (Wildman–Crippen MR) is 119 cm³/mol. The molecule has 162 valence electrons. The molecule has 0 atom stereocenters. The van der Waals surface area contributed by atoms with Crippen LogP contribution in [-0.2, 0) is 0 Å². The summed E-state index contributed by atoms with van der Waals surface area (Å²) < 4.78 is 5.99. The second kappa shape index (κ2) is 9.67. The van der Waals surface area contributed by atoms with Crippen LogP contribution in [0.5, 0.6) is 5.75 Å². The third-order valence-corrected chi connectivity index (χ3v) is 6.31. The number of rotatable bonds is 7. The number of carboxylic acid groups (broad SMARTS) is 1. The van der Waals surface area contributed by atoms with E-state index in [0.717, 1.165) is 35.2 Å². The number of hydrogen-bond donors (Lipinski definition) is 2. The third-order valence-electron chi connectivity index (χ3n) is 6.31. The Labute approximate surface area is 178 Å². The number of piperidine rings is 2. The molecule has 0 spiro atoms. The first-order valence-corrected chi connectivity index (χ1v) is 11.2. The van der Waals surface area contributed by atoms with Gasteiger partial charge in [0.2, 0.25) is 0 Å². The van der Waals surface area contributed by atoms with E-state index in [4.69, 9.17) is 4.74 Å². The van der Waals surface area contributed by atoms with E-state index >= 15 is 0 Å². The zero-order valence-corrected chi connectivity index (χ0v) is 17.6. The molecule has 0 saturated carbocycles. The van der Waals surface area contributed by atoms with Crippen molar-refractivity contribution in [3.63, 3.8) is 0 Å². The number of likely N-dealkylation sites (tertiary alicyclic amines) is 1. The number of carboxylic acids is 1. The van der Waals surface area contributed by atoms with Crippen molar-refractivity contribution < 1.29 is 19.7 Å². The summed E-state index contributed by atoms with van der Waals surface area (Å²) in [6.07, 6.45) is 6.01. The Bertz CT molecular complexity index is 871. The maximum atomic E-state index is 11.8. The quantitative estimate of drug-likeness (QED) is 0.675. The van der Waals surface area contributed by atoms with E-state index in [1.54, 1.807) is 6.07 Å². The van der Waals surface area contributed by atoms with E-state index in [-0.39, 0.29) is 6.10 Å². The summed E-state index contributed by atoms with van der Waals surface area (Å²) in [4.78, 5) is 16.5. The van der Waals surface area contributed by atoms with Crippen molar-refractivity contribution in [3.05, 3.63) is 35.9 Å². The lowest BCUT2D eigenvalue weighted by Crippen LogP contribution is -2.36. The SMILES string of the molecule is O=C(O)c1ccc2cc(OCCCN3CCCCC3)ccc2c1N1CCC(O)CC1. The molecular weight excluding hydrogens is 380 g/mol. The number of aliphatic hydroxyl groups is 1. The van der Waals surface area contributed by atoms with Crippen LogP contribution in [-0.4, -0.2) is 66.5 Å². The lowest BCUT2D eigenvalue weighted by molar-refractivity contribution is 0.0697. The molecule has 0 bridgehead atoms. The normalized spacial score (nSPS) is 18.6. The Morgan fingerprint density at radius 1 is 1.03 bits per heavy atom. The van der Waals surface area contributed by atoms with E-state index in [2.05, 4.69) is 9.80 Å². The highest BCUT2D eigenvalue weighted by molar-refractivity contribution is 6.06. The molecule has 0 aromatic heterocycles. The number of benzene rings is 2. The fourth-order valence-corrected chi connectivity index (χ4v) is 4.65. The van der Waals surface area contributed by atoms with Gasteiger partial charge < -0.3 is 24.7 Å². The van der Waals surface area contributed by atoms with Crippen LogP contribution >= 0.6 is 0 Å². The van der Waals surface area contributed by atoms with Gasteiger partial charge in [-0.2, -0.15) is 0 Å². The van der Waals surface area contributed by atoms with Crippen molar-refractivity contribution in [2.45, 2.75) is 44.6 Å². The minimum absolute atomic E-state index is 0.297. The molecule has 2 heterocycles. The van der Waals surface area contributed by atoms with E-state index in [1.807, 2.05) is 24.3 Å². The molecule has 0 amide bonds. The van der Waals surface area contributed by atoms with Crippen LogP contribution in [0.15, 0.2) is 30.3 Å². The molecule has 4 rings (SSSR count). The minimum atomic E-state index is -0.920. The van der Waals surface area contributed by atoms with Gasteiger partial charge in [0.15, 0.2) is 0 Å². The number of carbonyl (C=O) groups is 1. The van der Waals surface area contributed by atoms with Crippen molar-refractivity contribution in [1.82, 2.24) is 4.90 Å². The van der Waals surface area contributed by atoms with Crippen molar-refractivity contribution in [2.75, 3.05) is 44.2 Å². The van der Waals surface area contributed by atoms with Crippen molar-refractivity contribution in [2.24, 2.45) is 0 Å². The third kappa shape index (κ3) is 4.87. The van der Waals surface area contributed by atoms with E-state index in [0.29, 0.717) is 38.1 Å². The van der Waals surface area contributed by atoms with Crippen molar-refractivity contribution >= 4 is 22.4 Å². The molecule has 2 aliphatic rings. The molecule has 2 saturated heterocycles. The average molecular weight is 413 g/mol. The van der Waals surface area contributed by atoms with Gasteiger partial charge in [-0.15, -0.1) is 0 Å². The topological polar surface area (TPSA) is 73.2 Å². The molecule has 2 aliphatic heterocycles. The number of ether oxygens (including phenoxy) is 1. The molecular formula is C24H32N2O4. The number of hydrogen-bond acceptors (Lipinski definition) is 5. The Morgan fingerprint density at radius 3 is 2.53 bits per heavy atom. The first kappa shape index (κ1) is 20.9. The Balaban J connectivity index is 1.47. The molecule has 2 N–H and O–H groups in total. The van der Waals surface area contributed by atoms with Gasteiger partial charge in [0, 0.05) is 25.0 Å². The lowest BCUT2D eigenvalue weighted by Gasteiger charge is -2.33. The molecule has 2 aromatic rings. The van der Waals surface area contributed by atoms with E-state index < -0.39 is 5.97 Å². The van der Waals surface area contributed by atoms with Crippen LogP contribution in [0, 0.1) is 0 Å². The van der Waals surface area contributed by atoms with E-state index in [9.17, 15) is 15.0 Å². The molecule has 6 nitrogen and oxygen atoms in total. The molecule has 2 aromatic carbocycles. The minimum Gasteiger partial charge on any atom is -0.494 e. The maximum Gasteiger partial charge on any atom is 0.337 e. The summed E-state index contributed by atoms with van der Waals surface area (Å²) >= 11 is 0. The summed E-state index contributed by atoms with van der Waals surface area (Å²) in [6, 6.07) is 9.47. The van der Waals surface area contributed by atoms with Crippen molar-refractivity contribution in [1.29, 1.82) is 0 Å². The molecule has 6 heteroatoms. The highest BCUT2D eigenvalue weighted by atomic mass is 16.5. The second-order valence-electron chi connectivity index (χ2n) is 8.47. The Morgan fingerprint density at radius 2 is 1.80 bits per heavy atom. The Kier molecular flexibility index (Phi) is 6.75. The lowest BCUT2D eigenvalue weighted by atomic mass is 9.99. The zero-order valence-electron chi connectivity index (χ0n) is 17.6. The largest absolute Gasteiger partial charge is 0.494 e. The first-order chi connectivity index (χ1) is 14.6. The standard InChI is InChI=1S/C24H32N2O4/c27-19-9-14-26(15-10-19)23-21-8-6-20(17-18(21)5-7-22(23)24(28)29)30-16-4-13-25-11-2-1-3-12-25/h5-8,17,19,27H,1-4,9-16H2,(H,28,29). The number of aromatic carboxylic acids is 1. The van der Waals surface area contributed by atoms with E-state index in [1.165, 1.54) is 32.4 Å². The zero-order chi connectivity index (χ0) is 20.9. The second-order valence-corrected chi connectivity index (χ2v) is 8.47. The average Bonchev–Trinajstić information content (AvgIpc) is 2.77. The number of aliphatic hydroxyl groups excluding tert-OH is 1. The predicted octanol–water partition coefficient (Wildman–Crippen LogP) is 3.75. The fraction of sp³-hybridized carbons (Fsp3) is 0.542. The monoisotopic (exact) mass is 412 g/mol. The van der Waals surface area contributed by atoms with Crippen LogP contribution in [0.3, 0.4) is 0 Å². The molecule has 30 heavy (non-hydrogen) atoms. The van der Waals surface area contributed by atoms with Gasteiger partial charge in [0.1, 0.15) is 5.75 Å². The van der Waals surface area contributed by atoms with Crippen LogP contribution in [0.1, 0.15) is 48.9 Å². The van der Waals surface area contributed by atoms with Gasteiger partial charge in [-0.05, 0) is 74.8 Å². The summed E-state index contributed by atoms with van der Waals surface area (Å²) in [6.45, 7) is 5.51. The molecule has 2 fully saturated rings. The molecule has 0 unspecified atom stereocenters. The summed E-state index contributed by atoms with van der Waals surface area (Å²) in [5.41, 5.74) is 1.07. The van der Waals surface area contributed by atoms with Gasteiger partial charge in [-0.25, -0.2) is 4.79 Å². The highest BCUT2D eigenvalue weighted by Crippen LogP contribution is 2.35. The van der Waals surface area contributed by atoms with Crippen LogP contribution in [0.4, 0.5) is 5.69 Å². The van der Waals surface area contributed by atoms with Gasteiger partial charge in [0.25, 0.3) is 0 Å². The smallest absolute Gasteiger partial charge is 0.337 e. The van der Waals surface area contributed by atoms with Crippen molar-refractivity contribution in [3.8, 4) is 5.75 Å². The van der Waals surface area contributed by atoms with Gasteiger partial charge >= 0.3 is 5.97 Å². The molecule has 0 radical (unpaired) electrons. The number of anilines is 1. The summed E-state index contributed by atoms with van der Waals surface area (Å²) in [7, 11) is 0. The van der Waals surface area contributed by atoms with Crippen LogP contribution in [0.25, 0.3) is 10.8 Å². The number of fused-ring (bicyclic) bond motifs is 1.